The maximum atomic E-state index is 9.05. The predicted molar refractivity (Wildman–Crippen MR) is 42.2 cm³/mol. The van der Waals surface area contributed by atoms with Gasteiger partial charge in [-0.15, -0.1) is 0 Å². The Morgan fingerprint density at radius 2 is 2.27 bits per heavy atom. The molecule has 0 atom stereocenters. The molecule has 0 saturated carbocycles. The third-order valence-electron chi connectivity index (χ3n) is 0.873. The molecule has 0 aromatic carbocycles. The van der Waals surface area contributed by atoms with E-state index in [4.69, 9.17) is 21.0 Å². The summed E-state index contributed by atoms with van der Waals surface area (Å²) in [6, 6.07) is 0. The highest BCUT2D eigenvalue weighted by Gasteiger charge is 2.10. The molecule has 0 aliphatic rings. The van der Waals surface area contributed by atoms with Gasteiger partial charge >= 0.3 is 0 Å². The van der Waals surface area contributed by atoms with Crippen molar-refractivity contribution in [2.45, 2.75) is 19.6 Å². The fourth-order valence-electron chi connectivity index (χ4n) is 0.486. The first-order valence-electron chi connectivity index (χ1n) is 3.36. The molecule has 0 heterocycles. The van der Waals surface area contributed by atoms with Crippen LogP contribution < -0.4 is 11.1 Å². The molecule has 11 heavy (non-hydrogen) atoms. The number of aliphatic hydroxyl groups is 1. The molecule has 0 aliphatic heterocycles. The molecule has 0 fully saturated rings. The maximum Gasteiger partial charge on any atom is 0.185 e. The fourth-order valence-corrected chi connectivity index (χ4v) is 0.486. The molecule has 5 nitrogen and oxygen atoms in total. The van der Waals surface area contributed by atoms with E-state index in [0.29, 0.717) is 13.2 Å². The summed E-state index contributed by atoms with van der Waals surface area (Å²) in [6.45, 7) is 3.84. The highest BCUT2D eigenvalue weighted by atomic mass is 16.6. The van der Waals surface area contributed by atoms with E-state index >= 15 is 0 Å². The van der Waals surface area contributed by atoms with E-state index in [9.17, 15) is 0 Å². The van der Waals surface area contributed by atoms with Crippen LogP contribution in [-0.2, 0) is 4.74 Å². The summed E-state index contributed by atoms with van der Waals surface area (Å²) in [5.41, 5.74) is 5.00. The van der Waals surface area contributed by atoms with E-state index in [-0.39, 0.29) is 5.96 Å². The third-order valence-corrected chi connectivity index (χ3v) is 0.873. The van der Waals surface area contributed by atoms with Crippen molar-refractivity contribution in [3.05, 3.63) is 0 Å². The van der Waals surface area contributed by atoms with E-state index in [0.717, 1.165) is 0 Å². The molecule has 0 bridgehead atoms. The summed E-state index contributed by atoms with van der Waals surface area (Å²) in [5, 5.41) is 18.4. The SMILES string of the molecule is CC(C)(O)OCCNC(=N)N. The smallest absolute Gasteiger partial charge is 0.185 e. The lowest BCUT2D eigenvalue weighted by Crippen LogP contribution is -2.35. The second-order valence-corrected chi connectivity index (χ2v) is 2.64. The van der Waals surface area contributed by atoms with E-state index in [1.807, 2.05) is 0 Å². The number of hydrogen-bond donors (Lipinski definition) is 4. The molecule has 0 aliphatic carbocycles. The van der Waals surface area contributed by atoms with Crippen molar-refractivity contribution in [2.24, 2.45) is 5.73 Å². The summed E-state index contributed by atoms with van der Waals surface area (Å²) < 4.78 is 4.92. The van der Waals surface area contributed by atoms with Gasteiger partial charge in [-0.3, -0.25) is 5.41 Å². The van der Waals surface area contributed by atoms with Gasteiger partial charge in [-0.05, 0) is 13.8 Å². The first-order chi connectivity index (χ1) is 4.92. The summed E-state index contributed by atoms with van der Waals surface area (Å²) in [6.07, 6.45) is 0. The highest BCUT2D eigenvalue weighted by molar-refractivity contribution is 5.74. The first kappa shape index (κ1) is 10.2. The van der Waals surface area contributed by atoms with Crippen molar-refractivity contribution in [3.8, 4) is 0 Å². The predicted octanol–water partition coefficient (Wildman–Crippen LogP) is -0.786. The Labute approximate surface area is 66.0 Å². The maximum absolute atomic E-state index is 9.05. The van der Waals surface area contributed by atoms with Gasteiger partial charge in [0.15, 0.2) is 11.7 Å². The van der Waals surface area contributed by atoms with Crippen LogP contribution in [0.3, 0.4) is 0 Å². The van der Waals surface area contributed by atoms with Crippen LogP contribution in [0.1, 0.15) is 13.8 Å². The standard InChI is InChI=1S/C6H15N3O2/c1-6(2,10)11-4-3-9-5(7)8/h10H,3-4H2,1-2H3,(H4,7,8,9). The van der Waals surface area contributed by atoms with Crippen LogP contribution in [-0.4, -0.2) is 30.0 Å². The van der Waals surface area contributed by atoms with Crippen LogP contribution in [0.2, 0.25) is 0 Å². The number of ether oxygens (including phenoxy) is 1. The van der Waals surface area contributed by atoms with E-state index in [2.05, 4.69) is 5.32 Å². The topological polar surface area (TPSA) is 91.4 Å². The molecule has 66 valence electrons. The largest absolute Gasteiger partial charge is 0.370 e. The average Bonchev–Trinajstić information content (AvgIpc) is 1.78. The van der Waals surface area contributed by atoms with Crippen molar-refractivity contribution < 1.29 is 9.84 Å². The summed E-state index contributed by atoms with van der Waals surface area (Å²) >= 11 is 0. The van der Waals surface area contributed by atoms with Crippen LogP contribution in [0.25, 0.3) is 0 Å². The van der Waals surface area contributed by atoms with Gasteiger partial charge in [0.25, 0.3) is 0 Å². The molecular weight excluding hydrogens is 146 g/mol. The Morgan fingerprint density at radius 3 is 2.64 bits per heavy atom. The lowest BCUT2D eigenvalue weighted by Gasteiger charge is -2.17. The summed E-state index contributed by atoms with van der Waals surface area (Å²) in [5.74, 6) is -1.21. The van der Waals surface area contributed by atoms with Gasteiger partial charge < -0.3 is 20.9 Å². The van der Waals surface area contributed by atoms with Gasteiger partial charge in [0, 0.05) is 6.54 Å². The molecule has 0 saturated heterocycles. The number of guanidine groups is 1. The van der Waals surface area contributed by atoms with Gasteiger partial charge in [-0.25, -0.2) is 0 Å². The second kappa shape index (κ2) is 4.15. The summed E-state index contributed by atoms with van der Waals surface area (Å²) in [4.78, 5) is 0. The number of nitrogens with two attached hydrogens (primary N) is 1. The van der Waals surface area contributed by atoms with Crippen LogP contribution >= 0.6 is 0 Å². The summed E-state index contributed by atoms with van der Waals surface area (Å²) in [7, 11) is 0. The van der Waals surface area contributed by atoms with Gasteiger partial charge in [-0.1, -0.05) is 0 Å². The van der Waals surface area contributed by atoms with Crippen molar-refractivity contribution in [3.63, 3.8) is 0 Å². The van der Waals surface area contributed by atoms with E-state index in [1.54, 1.807) is 13.8 Å². The van der Waals surface area contributed by atoms with E-state index in [1.165, 1.54) is 0 Å². The molecule has 0 rings (SSSR count). The third kappa shape index (κ3) is 9.19. The number of nitrogens with one attached hydrogen (secondary N) is 2. The zero-order chi connectivity index (χ0) is 8.91. The van der Waals surface area contributed by atoms with Crippen LogP contribution in [0, 0.1) is 5.41 Å². The minimum absolute atomic E-state index is 0.0932. The Balaban J connectivity index is 3.22. The molecule has 0 aromatic heterocycles. The first-order valence-corrected chi connectivity index (χ1v) is 3.36. The molecule has 0 unspecified atom stereocenters. The van der Waals surface area contributed by atoms with Crippen LogP contribution in [0.4, 0.5) is 0 Å². The second-order valence-electron chi connectivity index (χ2n) is 2.64. The number of hydrogen-bond acceptors (Lipinski definition) is 3. The molecule has 0 radical (unpaired) electrons. The van der Waals surface area contributed by atoms with Crippen molar-refractivity contribution >= 4 is 5.96 Å². The van der Waals surface area contributed by atoms with Crippen molar-refractivity contribution in [1.29, 1.82) is 5.41 Å². The minimum atomic E-state index is -1.11. The van der Waals surface area contributed by atoms with Gasteiger partial charge in [0.2, 0.25) is 0 Å². The lowest BCUT2D eigenvalue weighted by molar-refractivity contribution is -0.174. The Kier molecular flexibility index (Phi) is 3.84. The highest BCUT2D eigenvalue weighted by Crippen LogP contribution is 2.00. The van der Waals surface area contributed by atoms with Crippen molar-refractivity contribution in [1.82, 2.24) is 5.32 Å². The lowest BCUT2D eigenvalue weighted by atomic mass is 10.4. The Morgan fingerprint density at radius 1 is 1.73 bits per heavy atom. The fraction of sp³-hybridized carbons (Fsp3) is 0.833. The monoisotopic (exact) mass is 161 g/mol. The van der Waals surface area contributed by atoms with Gasteiger partial charge in [0.1, 0.15) is 0 Å². The molecule has 5 heteroatoms. The van der Waals surface area contributed by atoms with E-state index < -0.39 is 5.79 Å². The van der Waals surface area contributed by atoms with Gasteiger partial charge in [-0.2, -0.15) is 0 Å². The molecule has 5 N–H and O–H groups in total. The normalized spacial score (nSPS) is 11.2. The minimum Gasteiger partial charge on any atom is -0.370 e. The molecule has 0 spiro atoms. The zero-order valence-electron chi connectivity index (χ0n) is 6.85. The van der Waals surface area contributed by atoms with Crippen molar-refractivity contribution in [2.75, 3.05) is 13.2 Å². The van der Waals surface area contributed by atoms with Crippen LogP contribution in [0.15, 0.2) is 0 Å². The number of rotatable bonds is 4. The molecule has 0 amide bonds. The van der Waals surface area contributed by atoms with Crippen LogP contribution in [0.5, 0.6) is 0 Å². The molecular formula is C6H15N3O2. The molecule has 0 aromatic rings. The zero-order valence-corrected chi connectivity index (χ0v) is 6.85. The Bertz CT molecular complexity index is 130. The average molecular weight is 161 g/mol. The Hall–Kier alpha value is -0.810. The van der Waals surface area contributed by atoms with Gasteiger partial charge in [0.05, 0.1) is 6.61 Å². The quantitative estimate of drug-likeness (QED) is 0.188.